The molecule has 0 heterocycles. The zero-order chi connectivity index (χ0) is 11.3. The first-order chi connectivity index (χ1) is 6.41. The summed E-state index contributed by atoms with van der Waals surface area (Å²) < 4.78 is 0. The number of carbonyl (C=O) groups is 2. The number of hydrogen-bond donors (Lipinski definition) is 0. The molecule has 3 nitrogen and oxygen atoms in total. The van der Waals surface area contributed by atoms with Crippen molar-refractivity contribution in [2.24, 2.45) is 5.92 Å². The van der Waals surface area contributed by atoms with Crippen LogP contribution in [0.15, 0.2) is 0 Å². The Kier molecular flexibility index (Phi) is 5.43. The summed E-state index contributed by atoms with van der Waals surface area (Å²) in [5.74, 6) is 0.0744. The summed E-state index contributed by atoms with van der Waals surface area (Å²) in [6, 6.07) is -0.287. The first-order valence-corrected chi connectivity index (χ1v) is 5.22. The van der Waals surface area contributed by atoms with Crippen LogP contribution in [0.4, 0.5) is 0 Å². The predicted octanol–water partition coefficient (Wildman–Crippen LogP) is 1.86. The van der Waals surface area contributed by atoms with Crippen molar-refractivity contribution in [2.75, 3.05) is 6.54 Å². The molecule has 0 saturated heterocycles. The van der Waals surface area contributed by atoms with E-state index >= 15 is 0 Å². The number of Topliss-reactive ketones (excluding diaryl/α,β-unsaturated/α-hetero) is 1. The summed E-state index contributed by atoms with van der Waals surface area (Å²) in [6.07, 6.45) is 0.885. The van der Waals surface area contributed by atoms with E-state index in [0.29, 0.717) is 6.54 Å². The molecule has 0 aliphatic heterocycles. The topological polar surface area (TPSA) is 37.4 Å². The largest absolute Gasteiger partial charge is 0.333 e. The van der Waals surface area contributed by atoms with Crippen molar-refractivity contribution in [1.82, 2.24) is 4.90 Å². The first-order valence-electron chi connectivity index (χ1n) is 5.22. The molecule has 0 N–H and O–H groups in total. The van der Waals surface area contributed by atoms with Crippen LogP contribution < -0.4 is 0 Å². The molecule has 0 rings (SSSR count). The molecule has 0 aliphatic rings. The zero-order valence-electron chi connectivity index (χ0n) is 9.83. The average molecular weight is 199 g/mol. The van der Waals surface area contributed by atoms with Crippen LogP contribution in [-0.4, -0.2) is 29.2 Å². The summed E-state index contributed by atoms with van der Waals surface area (Å²) in [5, 5.41) is 0. The SMILES string of the molecule is CCCN(C(=O)C(C)C)C(C)C(C)=O. The van der Waals surface area contributed by atoms with Crippen molar-refractivity contribution in [1.29, 1.82) is 0 Å². The Morgan fingerprint density at radius 3 is 2.00 bits per heavy atom. The van der Waals surface area contributed by atoms with E-state index in [1.54, 1.807) is 11.8 Å². The lowest BCUT2D eigenvalue weighted by Gasteiger charge is -2.28. The number of amides is 1. The van der Waals surface area contributed by atoms with Gasteiger partial charge in [-0.15, -0.1) is 0 Å². The van der Waals surface area contributed by atoms with Crippen LogP contribution in [0.3, 0.4) is 0 Å². The van der Waals surface area contributed by atoms with Crippen molar-refractivity contribution in [3.63, 3.8) is 0 Å². The monoisotopic (exact) mass is 199 g/mol. The summed E-state index contributed by atoms with van der Waals surface area (Å²) in [6.45, 7) is 9.71. The highest BCUT2D eigenvalue weighted by molar-refractivity contribution is 5.87. The van der Waals surface area contributed by atoms with E-state index in [1.165, 1.54) is 6.92 Å². The molecule has 1 unspecified atom stereocenters. The molecule has 0 aromatic rings. The van der Waals surface area contributed by atoms with Crippen molar-refractivity contribution in [3.05, 3.63) is 0 Å². The lowest BCUT2D eigenvalue weighted by atomic mass is 10.1. The number of rotatable bonds is 5. The molecule has 1 amide bonds. The lowest BCUT2D eigenvalue weighted by molar-refractivity contribution is -0.141. The average Bonchev–Trinajstić information content (AvgIpc) is 2.11. The highest BCUT2D eigenvalue weighted by atomic mass is 16.2. The maximum absolute atomic E-state index is 11.8. The lowest BCUT2D eigenvalue weighted by Crippen LogP contribution is -2.44. The molecule has 0 fully saturated rings. The minimum absolute atomic E-state index is 0.0386. The Bertz CT molecular complexity index is 211. The Labute approximate surface area is 86.5 Å². The minimum Gasteiger partial charge on any atom is -0.333 e. The Hall–Kier alpha value is -0.860. The number of ketones is 1. The third kappa shape index (κ3) is 3.48. The molecular weight excluding hydrogens is 178 g/mol. The van der Waals surface area contributed by atoms with E-state index < -0.39 is 0 Å². The normalized spacial score (nSPS) is 12.7. The smallest absolute Gasteiger partial charge is 0.225 e. The van der Waals surface area contributed by atoms with Gasteiger partial charge in [-0.25, -0.2) is 0 Å². The van der Waals surface area contributed by atoms with Gasteiger partial charge in [-0.3, -0.25) is 9.59 Å². The minimum atomic E-state index is -0.287. The molecule has 1 atom stereocenters. The molecule has 82 valence electrons. The van der Waals surface area contributed by atoms with Crippen molar-refractivity contribution >= 4 is 11.7 Å². The molecule has 3 heteroatoms. The van der Waals surface area contributed by atoms with Gasteiger partial charge in [0.2, 0.25) is 5.91 Å². The number of hydrogen-bond acceptors (Lipinski definition) is 2. The maximum atomic E-state index is 11.8. The fourth-order valence-corrected chi connectivity index (χ4v) is 1.29. The van der Waals surface area contributed by atoms with Crippen molar-refractivity contribution in [2.45, 2.75) is 47.1 Å². The first kappa shape index (κ1) is 13.1. The predicted molar refractivity (Wildman–Crippen MR) is 57.0 cm³/mol. The standard InChI is InChI=1S/C11H21NO2/c1-6-7-12(9(4)10(5)13)11(14)8(2)3/h8-9H,6-7H2,1-5H3. The van der Waals surface area contributed by atoms with Gasteiger partial charge in [-0.05, 0) is 20.3 Å². The molecule has 0 aromatic heterocycles. The quantitative estimate of drug-likeness (QED) is 0.677. The van der Waals surface area contributed by atoms with Crippen LogP contribution in [0.1, 0.15) is 41.0 Å². The van der Waals surface area contributed by atoms with Crippen LogP contribution in [0, 0.1) is 5.92 Å². The van der Waals surface area contributed by atoms with E-state index in [-0.39, 0.29) is 23.7 Å². The Morgan fingerprint density at radius 1 is 1.21 bits per heavy atom. The molecule has 0 radical (unpaired) electrons. The maximum Gasteiger partial charge on any atom is 0.225 e. The van der Waals surface area contributed by atoms with Crippen molar-refractivity contribution in [3.8, 4) is 0 Å². The molecule has 0 bridgehead atoms. The summed E-state index contributed by atoms with van der Waals surface area (Å²) >= 11 is 0. The second-order valence-electron chi connectivity index (χ2n) is 3.97. The van der Waals surface area contributed by atoms with Crippen LogP contribution in [0.2, 0.25) is 0 Å². The number of nitrogens with zero attached hydrogens (tertiary/aromatic N) is 1. The molecule has 0 aliphatic carbocycles. The molecule has 0 aromatic carbocycles. The summed E-state index contributed by atoms with van der Waals surface area (Å²) in [5.41, 5.74) is 0. The van der Waals surface area contributed by atoms with Gasteiger partial charge < -0.3 is 4.90 Å². The Balaban J connectivity index is 4.58. The molecular formula is C11H21NO2. The Morgan fingerprint density at radius 2 is 1.71 bits per heavy atom. The van der Waals surface area contributed by atoms with Gasteiger partial charge in [0.25, 0.3) is 0 Å². The van der Waals surface area contributed by atoms with Gasteiger partial charge in [-0.1, -0.05) is 20.8 Å². The summed E-state index contributed by atoms with van der Waals surface area (Å²) in [4.78, 5) is 24.6. The number of carbonyl (C=O) groups excluding carboxylic acids is 2. The molecule has 0 spiro atoms. The van der Waals surface area contributed by atoms with Gasteiger partial charge in [-0.2, -0.15) is 0 Å². The highest BCUT2D eigenvalue weighted by Crippen LogP contribution is 2.08. The van der Waals surface area contributed by atoms with Crippen LogP contribution >= 0.6 is 0 Å². The van der Waals surface area contributed by atoms with E-state index in [9.17, 15) is 9.59 Å². The summed E-state index contributed by atoms with van der Waals surface area (Å²) in [7, 11) is 0. The van der Waals surface area contributed by atoms with Gasteiger partial charge >= 0.3 is 0 Å². The molecule has 0 saturated carbocycles. The third-order valence-electron chi connectivity index (χ3n) is 2.30. The van der Waals surface area contributed by atoms with Gasteiger partial charge in [0.05, 0.1) is 6.04 Å². The zero-order valence-corrected chi connectivity index (χ0v) is 9.83. The fourth-order valence-electron chi connectivity index (χ4n) is 1.29. The van der Waals surface area contributed by atoms with Gasteiger partial charge in [0.1, 0.15) is 0 Å². The second kappa shape index (κ2) is 5.78. The second-order valence-corrected chi connectivity index (χ2v) is 3.97. The van der Waals surface area contributed by atoms with Crippen molar-refractivity contribution < 1.29 is 9.59 Å². The van der Waals surface area contributed by atoms with Crippen LogP contribution in [0.25, 0.3) is 0 Å². The highest BCUT2D eigenvalue weighted by Gasteiger charge is 2.24. The van der Waals surface area contributed by atoms with Crippen LogP contribution in [0.5, 0.6) is 0 Å². The third-order valence-corrected chi connectivity index (χ3v) is 2.30. The van der Waals surface area contributed by atoms with Gasteiger partial charge in [0.15, 0.2) is 5.78 Å². The van der Waals surface area contributed by atoms with Gasteiger partial charge in [0, 0.05) is 12.5 Å². The van der Waals surface area contributed by atoms with E-state index in [4.69, 9.17) is 0 Å². The van der Waals surface area contributed by atoms with E-state index in [1.807, 2.05) is 20.8 Å². The van der Waals surface area contributed by atoms with E-state index in [0.717, 1.165) is 6.42 Å². The fraction of sp³-hybridized carbons (Fsp3) is 0.818. The van der Waals surface area contributed by atoms with Crippen LogP contribution in [-0.2, 0) is 9.59 Å². The van der Waals surface area contributed by atoms with E-state index in [2.05, 4.69) is 0 Å². The molecule has 14 heavy (non-hydrogen) atoms.